The van der Waals surface area contributed by atoms with Gasteiger partial charge in [-0.15, -0.1) is 0 Å². The Kier molecular flexibility index (Phi) is 4.08. The topological polar surface area (TPSA) is 46.2 Å². The molecule has 84 valence electrons. The summed E-state index contributed by atoms with van der Waals surface area (Å²) in [5, 5.41) is 9.69. The standard InChI is InChI=1S/C11H15ClFNO/c1-11(6-14,7-15)5-8-4-9(13)2-3-10(8)12/h2-4,15H,5-7,14H2,1H3. The Morgan fingerprint density at radius 3 is 2.73 bits per heavy atom. The van der Waals surface area contributed by atoms with Crippen molar-refractivity contribution in [1.82, 2.24) is 0 Å². The lowest BCUT2D eigenvalue weighted by Gasteiger charge is -2.25. The van der Waals surface area contributed by atoms with Crippen LogP contribution in [0.25, 0.3) is 0 Å². The van der Waals surface area contributed by atoms with Crippen molar-refractivity contribution in [2.75, 3.05) is 13.2 Å². The third kappa shape index (κ3) is 3.16. The Morgan fingerprint density at radius 1 is 1.53 bits per heavy atom. The predicted octanol–water partition coefficient (Wildman–Crippen LogP) is 1.98. The average molecular weight is 232 g/mol. The van der Waals surface area contributed by atoms with Crippen molar-refractivity contribution in [3.63, 3.8) is 0 Å². The van der Waals surface area contributed by atoms with E-state index >= 15 is 0 Å². The monoisotopic (exact) mass is 231 g/mol. The van der Waals surface area contributed by atoms with E-state index in [-0.39, 0.29) is 12.4 Å². The largest absolute Gasteiger partial charge is 0.396 e. The first-order valence-corrected chi connectivity index (χ1v) is 5.13. The van der Waals surface area contributed by atoms with Crippen molar-refractivity contribution in [2.24, 2.45) is 11.1 Å². The maximum Gasteiger partial charge on any atom is 0.123 e. The molecule has 0 aliphatic heterocycles. The van der Waals surface area contributed by atoms with E-state index in [1.165, 1.54) is 18.2 Å². The molecule has 4 heteroatoms. The molecule has 0 saturated carbocycles. The Labute approximate surface area is 93.9 Å². The molecule has 1 atom stereocenters. The first-order valence-electron chi connectivity index (χ1n) is 4.75. The number of halogens is 2. The van der Waals surface area contributed by atoms with Gasteiger partial charge in [-0.3, -0.25) is 0 Å². The summed E-state index contributed by atoms with van der Waals surface area (Å²) in [7, 11) is 0. The molecular formula is C11H15ClFNO. The fraction of sp³-hybridized carbons (Fsp3) is 0.455. The predicted molar refractivity (Wildman–Crippen MR) is 59.4 cm³/mol. The van der Waals surface area contributed by atoms with Crippen LogP contribution in [-0.4, -0.2) is 18.3 Å². The summed E-state index contributed by atoms with van der Waals surface area (Å²) in [5.41, 5.74) is 5.79. The Balaban J connectivity index is 2.92. The number of nitrogens with two attached hydrogens (primary N) is 1. The summed E-state index contributed by atoms with van der Waals surface area (Å²) in [5.74, 6) is -0.327. The number of aliphatic hydroxyl groups excluding tert-OH is 1. The van der Waals surface area contributed by atoms with E-state index in [1.54, 1.807) is 0 Å². The van der Waals surface area contributed by atoms with E-state index in [4.69, 9.17) is 17.3 Å². The maximum absolute atomic E-state index is 13.0. The Bertz CT molecular complexity index is 339. The van der Waals surface area contributed by atoms with Gasteiger partial charge in [0, 0.05) is 23.6 Å². The molecule has 15 heavy (non-hydrogen) atoms. The smallest absolute Gasteiger partial charge is 0.123 e. The van der Waals surface area contributed by atoms with E-state index in [2.05, 4.69) is 0 Å². The van der Waals surface area contributed by atoms with Crippen LogP contribution in [0.1, 0.15) is 12.5 Å². The summed E-state index contributed by atoms with van der Waals surface area (Å²) in [6, 6.07) is 4.21. The molecule has 0 aliphatic carbocycles. The molecule has 3 N–H and O–H groups in total. The highest BCUT2D eigenvalue weighted by atomic mass is 35.5. The minimum Gasteiger partial charge on any atom is -0.396 e. The molecule has 0 fully saturated rings. The van der Waals surface area contributed by atoms with Crippen molar-refractivity contribution in [3.05, 3.63) is 34.6 Å². The Hall–Kier alpha value is -0.640. The van der Waals surface area contributed by atoms with E-state index < -0.39 is 5.41 Å². The molecule has 1 aromatic carbocycles. The zero-order valence-corrected chi connectivity index (χ0v) is 9.39. The SMILES string of the molecule is CC(CN)(CO)Cc1cc(F)ccc1Cl. The second-order valence-corrected chi connectivity index (χ2v) is 4.49. The number of rotatable bonds is 4. The van der Waals surface area contributed by atoms with Crippen molar-refractivity contribution in [3.8, 4) is 0 Å². The van der Waals surface area contributed by atoms with Crippen molar-refractivity contribution < 1.29 is 9.50 Å². The van der Waals surface area contributed by atoms with Crippen LogP contribution < -0.4 is 5.73 Å². The molecule has 0 aromatic heterocycles. The lowest BCUT2D eigenvalue weighted by atomic mass is 9.84. The zero-order valence-electron chi connectivity index (χ0n) is 8.63. The summed E-state index contributed by atoms with van der Waals surface area (Å²) in [4.78, 5) is 0. The lowest BCUT2D eigenvalue weighted by molar-refractivity contribution is 0.149. The quantitative estimate of drug-likeness (QED) is 0.833. The molecule has 1 unspecified atom stereocenters. The van der Waals surface area contributed by atoms with Crippen molar-refractivity contribution >= 4 is 11.6 Å². The van der Waals surface area contributed by atoms with Crippen LogP contribution in [0.4, 0.5) is 4.39 Å². The third-order valence-electron chi connectivity index (χ3n) is 2.50. The van der Waals surface area contributed by atoms with Crippen molar-refractivity contribution in [1.29, 1.82) is 0 Å². The highest BCUT2D eigenvalue weighted by Gasteiger charge is 2.23. The molecule has 0 amide bonds. The normalized spacial score (nSPS) is 15.0. The first-order chi connectivity index (χ1) is 7.00. The fourth-order valence-corrected chi connectivity index (χ4v) is 1.52. The number of benzene rings is 1. The molecule has 1 aromatic rings. The van der Waals surface area contributed by atoms with Crippen LogP contribution >= 0.6 is 11.6 Å². The summed E-state index contributed by atoms with van der Waals surface area (Å²) >= 11 is 5.93. The van der Waals surface area contributed by atoms with Crippen LogP contribution in [0.2, 0.25) is 5.02 Å². The van der Waals surface area contributed by atoms with Crippen LogP contribution in [0, 0.1) is 11.2 Å². The van der Waals surface area contributed by atoms with Crippen LogP contribution in [0.15, 0.2) is 18.2 Å². The van der Waals surface area contributed by atoms with E-state index in [1.807, 2.05) is 6.92 Å². The highest BCUT2D eigenvalue weighted by molar-refractivity contribution is 6.31. The fourth-order valence-electron chi connectivity index (χ4n) is 1.33. The van der Waals surface area contributed by atoms with E-state index in [9.17, 15) is 9.50 Å². The van der Waals surface area contributed by atoms with Crippen LogP contribution in [0.3, 0.4) is 0 Å². The summed E-state index contributed by atoms with van der Waals surface area (Å²) in [6.45, 7) is 2.13. The summed E-state index contributed by atoms with van der Waals surface area (Å²) in [6.07, 6.45) is 0.469. The van der Waals surface area contributed by atoms with Gasteiger partial charge >= 0.3 is 0 Å². The number of hydrogen-bond acceptors (Lipinski definition) is 2. The number of aliphatic hydroxyl groups is 1. The van der Waals surface area contributed by atoms with Crippen LogP contribution in [0.5, 0.6) is 0 Å². The maximum atomic E-state index is 13.0. The first kappa shape index (κ1) is 12.4. The second-order valence-electron chi connectivity index (χ2n) is 4.09. The molecule has 0 spiro atoms. The molecule has 1 rings (SSSR count). The lowest BCUT2D eigenvalue weighted by Crippen LogP contribution is -2.33. The van der Waals surface area contributed by atoms with E-state index in [0.717, 1.165) is 0 Å². The minimum atomic E-state index is -0.447. The van der Waals surface area contributed by atoms with Gasteiger partial charge in [-0.1, -0.05) is 18.5 Å². The van der Waals surface area contributed by atoms with E-state index in [0.29, 0.717) is 23.6 Å². The van der Waals surface area contributed by atoms with Gasteiger partial charge < -0.3 is 10.8 Å². The van der Waals surface area contributed by atoms with Gasteiger partial charge in [0.05, 0.1) is 0 Å². The van der Waals surface area contributed by atoms with Gasteiger partial charge in [0.1, 0.15) is 5.82 Å². The minimum absolute atomic E-state index is 0.0453. The second kappa shape index (κ2) is 4.92. The van der Waals surface area contributed by atoms with Gasteiger partial charge in [-0.25, -0.2) is 4.39 Å². The Morgan fingerprint density at radius 2 is 2.20 bits per heavy atom. The highest BCUT2D eigenvalue weighted by Crippen LogP contribution is 2.26. The van der Waals surface area contributed by atoms with Crippen molar-refractivity contribution in [2.45, 2.75) is 13.3 Å². The average Bonchev–Trinajstić information content (AvgIpc) is 2.23. The van der Waals surface area contributed by atoms with Gasteiger partial charge in [0.15, 0.2) is 0 Å². The zero-order chi connectivity index (χ0) is 11.5. The molecule has 0 aliphatic rings. The van der Waals surface area contributed by atoms with Gasteiger partial charge in [0.2, 0.25) is 0 Å². The van der Waals surface area contributed by atoms with Gasteiger partial charge in [-0.2, -0.15) is 0 Å². The third-order valence-corrected chi connectivity index (χ3v) is 2.87. The molecule has 0 heterocycles. The summed E-state index contributed by atoms with van der Waals surface area (Å²) < 4.78 is 13.0. The molecule has 2 nitrogen and oxygen atoms in total. The van der Waals surface area contributed by atoms with Gasteiger partial charge in [0.25, 0.3) is 0 Å². The van der Waals surface area contributed by atoms with Crippen LogP contribution in [-0.2, 0) is 6.42 Å². The molecule has 0 bridgehead atoms. The molecule has 0 saturated heterocycles. The van der Waals surface area contributed by atoms with Gasteiger partial charge in [-0.05, 0) is 30.2 Å². The molecule has 0 radical (unpaired) electrons. The molecular weight excluding hydrogens is 217 g/mol. The number of hydrogen-bond donors (Lipinski definition) is 2.